The smallest absolute Gasteiger partial charge is 0.348 e. The Kier molecular flexibility index (Phi) is 9.53. The number of carbonyl (C=O) groups is 5. The van der Waals surface area contributed by atoms with Crippen molar-refractivity contribution in [1.82, 2.24) is 10.2 Å². The number of nitrogens with one attached hydrogen (secondary N) is 1. The maximum atomic E-state index is 13.1. The van der Waals surface area contributed by atoms with Crippen LogP contribution in [0.2, 0.25) is 0 Å². The first-order valence-electron chi connectivity index (χ1n) is 15.7. The zero-order valence-corrected chi connectivity index (χ0v) is 26.5. The molecule has 0 saturated carbocycles. The SMILES string of the molecule is CC(=O)N[C@@H](CCCCN)C(=O)O[C@@H](C)C(=O)O[C@@H](CC(=O)OC1=CC[C@@]2(O)[C@H]3Cc4ccc(O)c5c4[C@@]2(CCN3C)[C@H]1O5)C(=O)O. The molecule has 2 aliphatic carbocycles. The monoisotopic (exact) mass is 659 g/mol. The van der Waals surface area contributed by atoms with Crippen LogP contribution in [-0.2, 0) is 50.0 Å². The molecule has 2 aliphatic heterocycles. The topological polar surface area (TPSA) is 224 Å². The first-order valence-corrected chi connectivity index (χ1v) is 15.7. The standard InChI is InChI=1S/C32H41N3O12/c1-16(44-30(42)19(34-17(2)36)6-4-5-12-33)29(41)46-22(28(39)40)15-24(38)45-21-9-10-32(43)23-14-18-7-8-20(37)26-25(18)31(32,27(21)47-26)11-13-35(23)3/h7-9,16,19,22-23,27,37,43H,4-6,10-15,33H2,1-3H3,(H,34,36)(H,39,40)/t16-,19-,22-,23+,27-,31-,32+/m0/s1. The van der Waals surface area contributed by atoms with Crippen LogP contribution in [0.3, 0.4) is 0 Å². The lowest BCUT2D eigenvalue weighted by Gasteiger charge is -2.61. The molecule has 6 N–H and O–H groups in total. The van der Waals surface area contributed by atoms with Gasteiger partial charge in [0.05, 0.1) is 17.4 Å². The number of phenols is 1. The van der Waals surface area contributed by atoms with Gasteiger partial charge in [-0.2, -0.15) is 0 Å². The van der Waals surface area contributed by atoms with E-state index in [1.807, 2.05) is 13.1 Å². The fourth-order valence-corrected chi connectivity index (χ4v) is 7.47. The van der Waals surface area contributed by atoms with Crippen LogP contribution in [-0.4, -0.2) is 106 Å². The van der Waals surface area contributed by atoms with Crippen molar-refractivity contribution in [2.75, 3.05) is 20.1 Å². The predicted molar refractivity (Wildman–Crippen MR) is 161 cm³/mol. The van der Waals surface area contributed by atoms with Crippen LogP contribution in [0.5, 0.6) is 11.5 Å². The van der Waals surface area contributed by atoms with Gasteiger partial charge in [-0.25, -0.2) is 14.4 Å². The van der Waals surface area contributed by atoms with Crippen molar-refractivity contribution in [3.8, 4) is 11.5 Å². The van der Waals surface area contributed by atoms with Crippen LogP contribution < -0.4 is 15.8 Å². The molecular weight excluding hydrogens is 618 g/mol. The maximum absolute atomic E-state index is 13.1. The number of aromatic hydroxyl groups is 1. The number of unbranched alkanes of at least 4 members (excludes halogenated alkanes) is 1. The fourth-order valence-electron chi connectivity index (χ4n) is 7.47. The van der Waals surface area contributed by atoms with E-state index in [1.165, 1.54) is 19.9 Å². The van der Waals surface area contributed by atoms with E-state index in [9.17, 15) is 39.3 Å². The molecule has 1 saturated heterocycles. The van der Waals surface area contributed by atoms with E-state index < -0.39 is 71.6 Å². The van der Waals surface area contributed by atoms with Crippen molar-refractivity contribution in [1.29, 1.82) is 0 Å². The van der Waals surface area contributed by atoms with Crippen LogP contribution in [0.25, 0.3) is 0 Å². The Morgan fingerprint density at radius 1 is 1.17 bits per heavy atom. The van der Waals surface area contributed by atoms with Crippen molar-refractivity contribution < 1.29 is 58.2 Å². The van der Waals surface area contributed by atoms with Gasteiger partial charge in [0.2, 0.25) is 12.0 Å². The van der Waals surface area contributed by atoms with Crippen molar-refractivity contribution in [3.05, 3.63) is 35.1 Å². The molecule has 5 rings (SSSR count). The molecule has 1 aromatic carbocycles. The summed E-state index contributed by atoms with van der Waals surface area (Å²) in [5.41, 5.74) is 4.78. The highest BCUT2D eigenvalue weighted by Crippen LogP contribution is 2.65. The molecule has 4 aliphatic rings. The molecule has 15 nitrogen and oxygen atoms in total. The molecule has 0 aromatic heterocycles. The van der Waals surface area contributed by atoms with Crippen LogP contribution in [0.4, 0.5) is 0 Å². The Labute approximate surface area is 271 Å². The normalized spacial score (nSPS) is 27.2. The summed E-state index contributed by atoms with van der Waals surface area (Å²) in [5.74, 6) is -5.13. The minimum Gasteiger partial charge on any atom is -0.504 e. The Morgan fingerprint density at radius 3 is 2.60 bits per heavy atom. The van der Waals surface area contributed by atoms with E-state index in [-0.39, 0.29) is 36.1 Å². The average Bonchev–Trinajstić information content (AvgIpc) is 3.37. The van der Waals surface area contributed by atoms with Gasteiger partial charge < -0.3 is 50.2 Å². The summed E-state index contributed by atoms with van der Waals surface area (Å²) in [4.78, 5) is 64.1. The number of phenolic OH excluding ortho intramolecular Hbond substituents is 1. The molecule has 1 amide bonds. The van der Waals surface area contributed by atoms with E-state index in [4.69, 9.17) is 24.7 Å². The Bertz CT molecular complexity index is 1500. The second-order valence-corrected chi connectivity index (χ2v) is 12.7. The Hall–Kier alpha value is -4.21. The van der Waals surface area contributed by atoms with Crippen molar-refractivity contribution in [2.45, 2.75) is 100 Å². The average molecular weight is 660 g/mol. The van der Waals surface area contributed by atoms with Crippen LogP contribution in [0.15, 0.2) is 24.0 Å². The third kappa shape index (κ3) is 6.03. The van der Waals surface area contributed by atoms with Gasteiger partial charge in [-0.15, -0.1) is 0 Å². The summed E-state index contributed by atoms with van der Waals surface area (Å²) >= 11 is 0. The lowest BCUT2D eigenvalue weighted by atomic mass is 9.50. The number of carbonyl (C=O) groups excluding carboxylic acids is 4. The summed E-state index contributed by atoms with van der Waals surface area (Å²) in [7, 11) is 1.94. The molecule has 0 unspecified atom stereocenters. The number of hydrogen-bond donors (Lipinski definition) is 5. The number of likely N-dealkylation sites (tertiary alicyclic amines) is 1. The number of rotatable bonds is 13. The summed E-state index contributed by atoms with van der Waals surface area (Å²) in [5, 5.41) is 35.1. The molecule has 0 radical (unpaired) electrons. The minimum absolute atomic E-state index is 0.0582. The molecule has 15 heteroatoms. The summed E-state index contributed by atoms with van der Waals surface area (Å²) < 4.78 is 22.0. The van der Waals surface area contributed by atoms with E-state index in [2.05, 4.69) is 10.2 Å². The number of amides is 1. The number of aliphatic carboxylic acids is 1. The molecule has 7 atom stereocenters. The third-order valence-electron chi connectivity index (χ3n) is 9.70. The number of ether oxygens (including phenoxy) is 4. The lowest BCUT2D eigenvalue weighted by Crippen LogP contribution is -2.74. The number of esters is 3. The highest BCUT2D eigenvalue weighted by Gasteiger charge is 2.72. The molecule has 256 valence electrons. The van der Waals surface area contributed by atoms with Gasteiger partial charge in [0.1, 0.15) is 11.8 Å². The number of piperidine rings is 1. The third-order valence-corrected chi connectivity index (χ3v) is 9.70. The number of aliphatic hydroxyl groups is 1. The second-order valence-electron chi connectivity index (χ2n) is 12.7. The van der Waals surface area contributed by atoms with Crippen molar-refractivity contribution in [3.63, 3.8) is 0 Å². The fraction of sp³-hybridized carbons (Fsp3) is 0.594. The molecule has 2 heterocycles. The van der Waals surface area contributed by atoms with Gasteiger partial charge >= 0.3 is 23.9 Å². The van der Waals surface area contributed by atoms with Gasteiger partial charge in [-0.1, -0.05) is 6.07 Å². The second kappa shape index (κ2) is 13.1. The van der Waals surface area contributed by atoms with Gasteiger partial charge in [0.15, 0.2) is 23.7 Å². The van der Waals surface area contributed by atoms with E-state index in [0.29, 0.717) is 44.3 Å². The number of carboxylic acid groups (broad SMARTS) is 1. The summed E-state index contributed by atoms with van der Waals surface area (Å²) in [6.45, 7) is 3.39. The van der Waals surface area contributed by atoms with E-state index in [0.717, 1.165) is 5.56 Å². The molecule has 2 bridgehead atoms. The molecule has 1 spiro atoms. The van der Waals surface area contributed by atoms with Gasteiger partial charge in [0, 0.05) is 24.9 Å². The minimum atomic E-state index is -1.98. The molecule has 1 aromatic rings. The lowest BCUT2D eigenvalue weighted by molar-refractivity contribution is -0.180. The summed E-state index contributed by atoms with van der Waals surface area (Å²) in [6.07, 6.45) is -1.44. The zero-order chi connectivity index (χ0) is 34.3. The zero-order valence-electron chi connectivity index (χ0n) is 26.5. The first kappa shape index (κ1) is 34.1. The van der Waals surface area contributed by atoms with Gasteiger partial charge in [0.25, 0.3) is 0 Å². The van der Waals surface area contributed by atoms with Crippen LogP contribution >= 0.6 is 0 Å². The predicted octanol–water partition coefficient (Wildman–Crippen LogP) is 0.165. The first-order chi connectivity index (χ1) is 22.2. The van der Waals surface area contributed by atoms with Crippen molar-refractivity contribution in [2.24, 2.45) is 5.73 Å². The highest BCUT2D eigenvalue weighted by atomic mass is 16.6. The van der Waals surface area contributed by atoms with Crippen molar-refractivity contribution >= 4 is 29.8 Å². The van der Waals surface area contributed by atoms with E-state index >= 15 is 0 Å². The largest absolute Gasteiger partial charge is 0.504 e. The Balaban J connectivity index is 1.26. The number of nitrogens with zero attached hydrogens (tertiary/aromatic N) is 1. The van der Waals surface area contributed by atoms with E-state index in [1.54, 1.807) is 6.08 Å². The number of hydrogen-bond acceptors (Lipinski definition) is 13. The number of carboxylic acids is 1. The molecule has 47 heavy (non-hydrogen) atoms. The number of nitrogens with two attached hydrogens (primary N) is 1. The summed E-state index contributed by atoms with van der Waals surface area (Å²) in [6, 6.07) is 2.03. The van der Waals surface area contributed by atoms with Gasteiger partial charge in [-0.3, -0.25) is 9.59 Å². The maximum Gasteiger partial charge on any atom is 0.348 e. The number of likely N-dealkylation sites (N-methyl/N-ethyl adjacent to an activating group) is 1. The number of benzene rings is 1. The highest BCUT2D eigenvalue weighted by molar-refractivity contribution is 5.87. The molecule has 1 fully saturated rings. The van der Waals surface area contributed by atoms with Crippen LogP contribution in [0, 0.1) is 0 Å². The van der Waals surface area contributed by atoms with Gasteiger partial charge in [-0.05, 0) is 76.9 Å². The molecular formula is C32H41N3O12. The van der Waals surface area contributed by atoms with Crippen LogP contribution in [0.1, 0.15) is 63.5 Å². The quantitative estimate of drug-likeness (QED) is 0.108. The Morgan fingerprint density at radius 2 is 1.91 bits per heavy atom.